The fourth-order valence-electron chi connectivity index (χ4n) is 3.28. The molecule has 0 radical (unpaired) electrons. The van der Waals surface area contributed by atoms with E-state index < -0.39 is 33.8 Å². The molecule has 1 aromatic carbocycles. The lowest BCUT2D eigenvalue weighted by Gasteiger charge is -2.43. The first-order valence-electron chi connectivity index (χ1n) is 9.40. The minimum atomic E-state index is -3.77. The van der Waals surface area contributed by atoms with Crippen molar-refractivity contribution in [3.63, 3.8) is 0 Å². The maximum absolute atomic E-state index is 13.2. The molecule has 0 saturated carbocycles. The third-order valence-electron chi connectivity index (χ3n) is 4.37. The Morgan fingerprint density at radius 3 is 2.10 bits per heavy atom. The highest BCUT2D eigenvalue weighted by Gasteiger charge is 2.40. The van der Waals surface area contributed by atoms with Crippen LogP contribution >= 0.6 is 0 Å². The van der Waals surface area contributed by atoms with Crippen molar-refractivity contribution >= 4 is 27.7 Å². The van der Waals surface area contributed by atoms with E-state index in [1.165, 1.54) is 28.6 Å². The number of rotatable bonds is 4. The van der Waals surface area contributed by atoms with Gasteiger partial charge in [0.2, 0.25) is 15.9 Å². The number of nitrogens with one attached hydrogen (secondary N) is 1. The third-order valence-corrected chi connectivity index (χ3v) is 6.52. The molecule has 1 N–H and O–H groups in total. The van der Waals surface area contributed by atoms with Crippen LogP contribution in [0.3, 0.4) is 0 Å². The van der Waals surface area contributed by atoms with Crippen LogP contribution in [0, 0.1) is 0 Å². The molecule has 8 nitrogen and oxygen atoms in total. The average molecular weight is 424 g/mol. The lowest BCUT2D eigenvalue weighted by molar-refractivity contribution is -0.111. The van der Waals surface area contributed by atoms with Gasteiger partial charge in [-0.1, -0.05) is 6.58 Å². The molecule has 160 valence electrons. The Labute approximate surface area is 172 Å². The number of anilines is 1. The summed E-state index contributed by atoms with van der Waals surface area (Å²) in [5.41, 5.74) is -0.139. The molecule has 2 atom stereocenters. The first kappa shape index (κ1) is 22.9. The number of hydrogen-bond donors (Lipinski definition) is 1. The van der Waals surface area contributed by atoms with Crippen molar-refractivity contribution in [2.75, 3.05) is 18.4 Å². The van der Waals surface area contributed by atoms with E-state index in [0.29, 0.717) is 5.69 Å². The summed E-state index contributed by atoms with van der Waals surface area (Å²) in [6.45, 7) is 12.8. The molecule has 1 saturated heterocycles. The van der Waals surface area contributed by atoms with E-state index in [4.69, 9.17) is 4.74 Å². The Hall–Kier alpha value is -2.39. The van der Waals surface area contributed by atoms with Crippen LogP contribution in [0.2, 0.25) is 0 Å². The summed E-state index contributed by atoms with van der Waals surface area (Å²) in [4.78, 5) is 25.4. The Bertz CT molecular complexity index is 862. The summed E-state index contributed by atoms with van der Waals surface area (Å²) in [5, 5.41) is 2.58. The van der Waals surface area contributed by atoms with Crippen LogP contribution in [0.1, 0.15) is 34.6 Å². The third kappa shape index (κ3) is 5.57. The van der Waals surface area contributed by atoms with Crippen molar-refractivity contribution in [1.29, 1.82) is 0 Å². The van der Waals surface area contributed by atoms with Gasteiger partial charge in [-0.2, -0.15) is 4.31 Å². The fraction of sp³-hybridized carbons (Fsp3) is 0.500. The smallest absolute Gasteiger partial charge is 0.410 e. The van der Waals surface area contributed by atoms with E-state index in [1.54, 1.807) is 39.5 Å². The van der Waals surface area contributed by atoms with Crippen LogP contribution in [-0.4, -0.2) is 60.4 Å². The Morgan fingerprint density at radius 2 is 1.66 bits per heavy atom. The van der Waals surface area contributed by atoms with Gasteiger partial charge in [0.05, 0.1) is 4.90 Å². The van der Waals surface area contributed by atoms with E-state index in [9.17, 15) is 18.0 Å². The molecule has 1 fully saturated rings. The zero-order chi connectivity index (χ0) is 22.0. The van der Waals surface area contributed by atoms with Crippen molar-refractivity contribution < 1.29 is 22.7 Å². The summed E-state index contributed by atoms with van der Waals surface area (Å²) < 4.78 is 33.2. The van der Waals surface area contributed by atoms with Gasteiger partial charge in [-0.3, -0.25) is 4.79 Å². The first-order chi connectivity index (χ1) is 13.3. The SMILES string of the molecule is C=CC(=O)Nc1ccc(S(=O)(=O)N2C(C)CN(C(=O)OC(C)(C)C)CC2C)cc1. The minimum Gasteiger partial charge on any atom is -0.444 e. The van der Waals surface area contributed by atoms with Crippen molar-refractivity contribution in [1.82, 2.24) is 9.21 Å². The van der Waals surface area contributed by atoms with Crippen molar-refractivity contribution in [2.45, 2.75) is 57.2 Å². The molecule has 2 unspecified atom stereocenters. The van der Waals surface area contributed by atoms with Crippen LogP contribution in [0.5, 0.6) is 0 Å². The zero-order valence-electron chi connectivity index (χ0n) is 17.5. The average Bonchev–Trinajstić information content (AvgIpc) is 2.59. The molecule has 0 bridgehead atoms. The van der Waals surface area contributed by atoms with Gasteiger partial charge in [0.15, 0.2) is 0 Å². The second-order valence-corrected chi connectivity index (χ2v) is 9.98. The number of carbonyl (C=O) groups excluding carboxylic acids is 2. The summed E-state index contributed by atoms with van der Waals surface area (Å²) in [7, 11) is -3.77. The molecular weight excluding hydrogens is 394 g/mol. The zero-order valence-corrected chi connectivity index (χ0v) is 18.3. The lowest BCUT2D eigenvalue weighted by Crippen LogP contribution is -2.60. The standard InChI is InChI=1S/C20H29N3O5S/c1-7-18(24)21-16-8-10-17(11-9-16)29(26,27)23-14(2)12-22(13-15(23)3)19(25)28-20(4,5)6/h7-11,14-15H,1,12-13H2,2-6H3,(H,21,24). The molecule has 1 aromatic rings. The minimum absolute atomic E-state index is 0.124. The van der Waals surface area contributed by atoms with E-state index in [-0.39, 0.29) is 23.9 Å². The number of nitrogens with zero attached hydrogens (tertiary/aromatic N) is 2. The molecule has 2 rings (SSSR count). The predicted octanol–water partition coefficient (Wildman–Crippen LogP) is 2.83. The molecule has 1 aliphatic rings. The maximum atomic E-state index is 13.2. The molecule has 1 heterocycles. The molecule has 2 amide bonds. The number of hydrogen-bond acceptors (Lipinski definition) is 5. The van der Waals surface area contributed by atoms with Crippen LogP contribution in [0.15, 0.2) is 41.8 Å². The summed E-state index contributed by atoms with van der Waals surface area (Å²) in [6, 6.07) is 5.12. The number of benzene rings is 1. The molecule has 29 heavy (non-hydrogen) atoms. The first-order valence-corrected chi connectivity index (χ1v) is 10.8. The summed E-state index contributed by atoms with van der Waals surface area (Å²) in [5.74, 6) is -0.374. The van der Waals surface area contributed by atoms with Crippen LogP contribution in [-0.2, 0) is 19.6 Å². The van der Waals surface area contributed by atoms with Gasteiger partial charge in [0.25, 0.3) is 0 Å². The van der Waals surface area contributed by atoms with Crippen LogP contribution < -0.4 is 5.32 Å². The largest absolute Gasteiger partial charge is 0.444 e. The van der Waals surface area contributed by atoms with E-state index >= 15 is 0 Å². The molecule has 9 heteroatoms. The van der Waals surface area contributed by atoms with E-state index in [0.717, 1.165) is 6.08 Å². The highest BCUT2D eigenvalue weighted by Crippen LogP contribution is 2.27. The van der Waals surface area contributed by atoms with Crippen LogP contribution in [0.4, 0.5) is 10.5 Å². The van der Waals surface area contributed by atoms with Gasteiger partial charge in [0.1, 0.15) is 5.60 Å². The second-order valence-electron chi connectivity index (χ2n) is 8.14. The summed E-state index contributed by atoms with van der Waals surface area (Å²) in [6.07, 6.45) is 0.689. The Kier molecular flexibility index (Phi) is 6.74. The van der Waals surface area contributed by atoms with E-state index in [1.807, 2.05) is 0 Å². The second kappa shape index (κ2) is 8.54. The van der Waals surface area contributed by atoms with Gasteiger partial charge in [-0.25, -0.2) is 13.2 Å². The number of carbonyl (C=O) groups is 2. The lowest BCUT2D eigenvalue weighted by atomic mass is 10.1. The highest BCUT2D eigenvalue weighted by molar-refractivity contribution is 7.89. The quantitative estimate of drug-likeness (QED) is 0.751. The number of amides is 2. The normalized spacial score (nSPS) is 20.8. The van der Waals surface area contributed by atoms with Gasteiger partial charge < -0.3 is 15.0 Å². The van der Waals surface area contributed by atoms with Gasteiger partial charge in [-0.05, 0) is 65.0 Å². The monoisotopic (exact) mass is 423 g/mol. The predicted molar refractivity (Wildman–Crippen MR) is 111 cm³/mol. The van der Waals surface area contributed by atoms with Gasteiger partial charge in [-0.15, -0.1) is 0 Å². The topological polar surface area (TPSA) is 96.0 Å². The molecular formula is C20H29N3O5S. The van der Waals surface area contributed by atoms with Gasteiger partial charge in [0, 0.05) is 30.9 Å². The molecule has 0 spiro atoms. The molecule has 1 aliphatic heterocycles. The van der Waals surface area contributed by atoms with Crippen molar-refractivity contribution in [3.8, 4) is 0 Å². The molecule has 0 aromatic heterocycles. The highest BCUT2D eigenvalue weighted by atomic mass is 32.2. The maximum Gasteiger partial charge on any atom is 0.410 e. The number of ether oxygens (including phenoxy) is 1. The van der Waals surface area contributed by atoms with Crippen molar-refractivity contribution in [3.05, 3.63) is 36.9 Å². The Balaban J connectivity index is 2.18. The fourth-order valence-corrected chi connectivity index (χ4v) is 5.09. The number of piperazine rings is 1. The van der Waals surface area contributed by atoms with Gasteiger partial charge >= 0.3 is 6.09 Å². The number of sulfonamides is 1. The van der Waals surface area contributed by atoms with Crippen molar-refractivity contribution in [2.24, 2.45) is 0 Å². The Morgan fingerprint density at radius 1 is 1.14 bits per heavy atom. The van der Waals surface area contributed by atoms with Crippen LogP contribution in [0.25, 0.3) is 0 Å². The summed E-state index contributed by atoms with van der Waals surface area (Å²) >= 11 is 0. The van der Waals surface area contributed by atoms with E-state index in [2.05, 4.69) is 11.9 Å². The molecule has 0 aliphatic carbocycles.